The predicted octanol–water partition coefficient (Wildman–Crippen LogP) is 6.58. The largest absolute Gasteiger partial charge is 0.0928 e. The smallest absolute Gasteiger partial charge is 0.00313 e. The van der Waals surface area contributed by atoms with E-state index in [4.69, 9.17) is 0 Å². The summed E-state index contributed by atoms with van der Waals surface area (Å²) < 4.78 is 0. The maximum atomic E-state index is 3.47. The molecule has 0 unspecified atom stereocenters. The van der Waals surface area contributed by atoms with Crippen molar-refractivity contribution in [2.24, 2.45) is 0 Å². The van der Waals surface area contributed by atoms with Crippen LogP contribution in [0.25, 0.3) is 0 Å². The van der Waals surface area contributed by atoms with Crippen LogP contribution in [-0.4, -0.2) is 5.33 Å². The lowest BCUT2D eigenvalue weighted by Crippen LogP contribution is -1.79. The van der Waals surface area contributed by atoms with Crippen molar-refractivity contribution in [3.05, 3.63) is 36.5 Å². The van der Waals surface area contributed by atoms with Gasteiger partial charge in [0, 0.05) is 5.33 Å². The van der Waals surface area contributed by atoms with Gasteiger partial charge in [-0.15, -0.1) is 0 Å². The van der Waals surface area contributed by atoms with Crippen LogP contribution in [0, 0.1) is 0 Å². The molecule has 0 saturated heterocycles. The zero-order valence-corrected chi connectivity index (χ0v) is 13.5. The second-order valence-electron chi connectivity index (χ2n) is 4.54. The monoisotopic (exact) mass is 312 g/mol. The molecule has 0 rings (SSSR count). The molecule has 0 aliphatic carbocycles. The van der Waals surface area contributed by atoms with Gasteiger partial charge in [-0.25, -0.2) is 0 Å². The van der Waals surface area contributed by atoms with E-state index in [-0.39, 0.29) is 0 Å². The van der Waals surface area contributed by atoms with Crippen LogP contribution >= 0.6 is 15.9 Å². The van der Waals surface area contributed by atoms with Crippen molar-refractivity contribution in [2.45, 2.75) is 64.7 Å². The van der Waals surface area contributed by atoms with Crippen molar-refractivity contribution in [3.63, 3.8) is 0 Å². The molecule has 104 valence electrons. The summed E-state index contributed by atoms with van der Waals surface area (Å²) in [6.45, 7) is 2.17. The van der Waals surface area contributed by atoms with E-state index in [0.29, 0.717) is 0 Å². The van der Waals surface area contributed by atoms with E-state index in [1.807, 2.05) is 0 Å². The molecule has 0 saturated carbocycles. The van der Waals surface area contributed by atoms with E-state index in [1.54, 1.807) is 0 Å². The highest BCUT2D eigenvalue weighted by molar-refractivity contribution is 9.09. The fourth-order valence-electron chi connectivity index (χ4n) is 1.71. The fourth-order valence-corrected chi connectivity index (χ4v) is 2.11. The van der Waals surface area contributed by atoms with E-state index >= 15 is 0 Å². The Morgan fingerprint density at radius 3 is 1.89 bits per heavy atom. The molecule has 0 aliphatic rings. The highest BCUT2D eigenvalue weighted by Gasteiger charge is 1.87. The molecule has 0 spiro atoms. The number of unbranched alkanes of at least 4 members (excludes halogenated alkanes) is 5. The van der Waals surface area contributed by atoms with Crippen LogP contribution < -0.4 is 0 Å². The molecule has 0 aromatic carbocycles. The Kier molecular flexibility index (Phi) is 16.4. The number of rotatable bonds is 12. The summed E-state index contributed by atoms with van der Waals surface area (Å²) in [5.41, 5.74) is 0. The Morgan fingerprint density at radius 1 is 0.667 bits per heavy atom. The second kappa shape index (κ2) is 16.7. The van der Waals surface area contributed by atoms with Gasteiger partial charge in [-0.1, -0.05) is 78.6 Å². The summed E-state index contributed by atoms with van der Waals surface area (Å²) >= 11 is 3.47. The number of allylic oxidation sites excluding steroid dienone is 6. The third kappa shape index (κ3) is 15.7. The molecule has 0 aliphatic heterocycles. The highest BCUT2D eigenvalue weighted by Crippen LogP contribution is 2.07. The molecule has 0 aromatic rings. The molecular formula is C17H29Br. The van der Waals surface area contributed by atoms with Gasteiger partial charge in [-0.05, 0) is 38.5 Å². The van der Waals surface area contributed by atoms with Crippen LogP contribution in [0.1, 0.15) is 64.7 Å². The summed E-state index contributed by atoms with van der Waals surface area (Å²) in [6, 6.07) is 0. The minimum atomic E-state index is 1.08. The first-order chi connectivity index (χ1) is 8.91. The predicted molar refractivity (Wildman–Crippen MR) is 88.4 cm³/mol. The Labute approximate surface area is 122 Å². The van der Waals surface area contributed by atoms with Crippen molar-refractivity contribution < 1.29 is 0 Å². The lowest BCUT2D eigenvalue weighted by Gasteiger charge is -1.96. The standard InChI is InChI=1S/C17H29Br/c1-2-3-4-5-6-7-8-9-10-11-12-13-14-15-16-17-18/h3-4,6-7,9-10H,2,5,8,11-17H2,1H3. The quantitative estimate of drug-likeness (QED) is 0.217. The van der Waals surface area contributed by atoms with Crippen LogP contribution in [-0.2, 0) is 0 Å². The molecule has 0 aromatic heterocycles. The van der Waals surface area contributed by atoms with Gasteiger partial charge >= 0.3 is 0 Å². The topological polar surface area (TPSA) is 0 Å². The lowest BCUT2D eigenvalue weighted by molar-refractivity contribution is 0.641. The van der Waals surface area contributed by atoms with Crippen molar-refractivity contribution >= 4 is 15.9 Å². The Balaban J connectivity index is 3.20. The molecule has 0 N–H and O–H groups in total. The van der Waals surface area contributed by atoms with Gasteiger partial charge in [0.05, 0.1) is 0 Å². The average Bonchev–Trinajstić information content (AvgIpc) is 2.39. The third-order valence-electron chi connectivity index (χ3n) is 2.78. The van der Waals surface area contributed by atoms with Crippen LogP contribution in [0.5, 0.6) is 0 Å². The van der Waals surface area contributed by atoms with E-state index in [2.05, 4.69) is 59.3 Å². The fraction of sp³-hybridized carbons (Fsp3) is 0.647. The molecule has 0 amide bonds. The number of halogens is 1. The molecular weight excluding hydrogens is 284 g/mol. The summed E-state index contributed by atoms with van der Waals surface area (Å²) in [4.78, 5) is 0. The van der Waals surface area contributed by atoms with Crippen molar-refractivity contribution in [2.75, 3.05) is 5.33 Å². The van der Waals surface area contributed by atoms with Crippen LogP contribution in [0.2, 0.25) is 0 Å². The minimum absolute atomic E-state index is 1.08. The zero-order chi connectivity index (χ0) is 13.3. The summed E-state index contributed by atoms with van der Waals surface area (Å²) in [5.74, 6) is 0. The van der Waals surface area contributed by atoms with Crippen molar-refractivity contribution in [3.8, 4) is 0 Å². The first kappa shape index (κ1) is 17.7. The maximum absolute atomic E-state index is 3.47. The Hall–Kier alpha value is -0.300. The van der Waals surface area contributed by atoms with E-state index in [1.165, 1.54) is 38.5 Å². The molecule has 0 atom stereocenters. The Bertz CT molecular complexity index is 226. The molecule has 0 radical (unpaired) electrons. The van der Waals surface area contributed by atoms with Crippen molar-refractivity contribution in [1.29, 1.82) is 0 Å². The van der Waals surface area contributed by atoms with Gasteiger partial charge in [-0.3, -0.25) is 0 Å². The first-order valence-corrected chi connectivity index (χ1v) is 8.55. The third-order valence-corrected chi connectivity index (χ3v) is 3.35. The molecule has 0 nitrogen and oxygen atoms in total. The van der Waals surface area contributed by atoms with E-state index in [9.17, 15) is 0 Å². The first-order valence-electron chi connectivity index (χ1n) is 7.42. The van der Waals surface area contributed by atoms with Crippen LogP contribution in [0.4, 0.5) is 0 Å². The minimum Gasteiger partial charge on any atom is -0.0928 e. The van der Waals surface area contributed by atoms with Crippen LogP contribution in [0.3, 0.4) is 0 Å². The van der Waals surface area contributed by atoms with Crippen molar-refractivity contribution in [1.82, 2.24) is 0 Å². The molecule has 1 heteroatoms. The van der Waals surface area contributed by atoms with Gasteiger partial charge in [0.15, 0.2) is 0 Å². The highest BCUT2D eigenvalue weighted by atomic mass is 79.9. The zero-order valence-electron chi connectivity index (χ0n) is 11.9. The molecule has 0 heterocycles. The molecule has 0 bridgehead atoms. The van der Waals surface area contributed by atoms with Crippen LogP contribution in [0.15, 0.2) is 36.5 Å². The van der Waals surface area contributed by atoms with E-state index in [0.717, 1.165) is 24.6 Å². The maximum Gasteiger partial charge on any atom is 0.00313 e. The normalized spacial score (nSPS) is 12.3. The molecule has 0 fully saturated rings. The number of hydrogen-bond acceptors (Lipinski definition) is 0. The number of hydrogen-bond donors (Lipinski definition) is 0. The SMILES string of the molecule is CCC=CCC=CCC=CCCCCCCCBr. The number of alkyl halides is 1. The van der Waals surface area contributed by atoms with Gasteiger partial charge < -0.3 is 0 Å². The lowest BCUT2D eigenvalue weighted by atomic mass is 10.1. The Morgan fingerprint density at radius 2 is 1.22 bits per heavy atom. The summed E-state index contributed by atoms with van der Waals surface area (Å²) in [7, 11) is 0. The van der Waals surface area contributed by atoms with Gasteiger partial charge in [0.2, 0.25) is 0 Å². The van der Waals surface area contributed by atoms with Gasteiger partial charge in [0.25, 0.3) is 0 Å². The summed E-state index contributed by atoms with van der Waals surface area (Å²) in [5, 5.41) is 1.16. The molecule has 18 heavy (non-hydrogen) atoms. The second-order valence-corrected chi connectivity index (χ2v) is 5.33. The van der Waals surface area contributed by atoms with E-state index < -0.39 is 0 Å². The summed E-state index contributed by atoms with van der Waals surface area (Å²) in [6.07, 6.45) is 25.0. The van der Waals surface area contributed by atoms with Gasteiger partial charge in [0.1, 0.15) is 0 Å². The van der Waals surface area contributed by atoms with Gasteiger partial charge in [-0.2, -0.15) is 0 Å². The average molecular weight is 313 g/mol.